The average Bonchev–Trinajstić information content (AvgIpc) is 2.08. The molecule has 1 fully saturated rings. The normalized spacial score (nSPS) is 16.9. The summed E-state index contributed by atoms with van der Waals surface area (Å²) >= 11 is 0. The van der Waals surface area contributed by atoms with Gasteiger partial charge < -0.3 is 5.73 Å². The smallest absolute Gasteiger partial charge is 0.0104 e. The first-order chi connectivity index (χ1) is 4.91. The molecule has 0 aromatic carbocycles. The maximum absolute atomic E-state index is 4.91. The highest BCUT2D eigenvalue weighted by molar-refractivity contribution is 4.64. The standard InChI is InChI=1S/C6H12.C3H7N/c1-2-4-6-5-3-1;1-2-3-4/h1-6H2;2H,1,3-4H2. The summed E-state index contributed by atoms with van der Waals surface area (Å²) in [5.41, 5.74) is 4.91. The van der Waals surface area contributed by atoms with Crippen molar-refractivity contribution in [2.75, 3.05) is 6.54 Å². The monoisotopic (exact) mass is 141 g/mol. The predicted octanol–water partition coefficient (Wildman–Crippen LogP) is 2.47. The Balaban J connectivity index is 0.000000180. The molecule has 0 saturated heterocycles. The van der Waals surface area contributed by atoms with Crippen molar-refractivity contribution in [3.05, 3.63) is 12.7 Å². The van der Waals surface area contributed by atoms with Gasteiger partial charge in [0.25, 0.3) is 0 Å². The zero-order valence-corrected chi connectivity index (χ0v) is 6.81. The molecule has 1 heteroatoms. The minimum atomic E-state index is 0.583. The molecule has 2 N–H and O–H groups in total. The molecular weight excluding hydrogens is 122 g/mol. The summed E-state index contributed by atoms with van der Waals surface area (Å²) in [6.07, 6.45) is 10.7. The Bertz CT molecular complexity index is 53.6. The molecule has 1 saturated carbocycles. The van der Waals surface area contributed by atoms with E-state index in [9.17, 15) is 0 Å². The van der Waals surface area contributed by atoms with E-state index in [1.807, 2.05) is 0 Å². The zero-order chi connectivity index (χ0) is 7.66. The van der Waals surface area contributed by atoms with Gasteiger partial charge in [-0.05, 0) is 0 Å². The van der Waals surface area contributed by atoms with E-state index in [4.69, 9.17) is 5.73 Å². The Labute approximate surface area is 64.3 Å². The summed E-state index contributed by atoms with van der Waals surface area (Å²) in [5.74, 6) is 0. The molecule has 0 heterocycles. The first-order valence-electron chi connectivity index (χ1n) is 4.22. The summed E-state index contributed by atoms with van der Waals surface area (Å²) < 4.78 is 0. The Morgan fingerprint density at radius 1 is 1.00 bits per heavy atom. The van der Waals surface area contributed by atoms with E-state index in [0.29, 0.717) is 6.54 Å². The van der Waals surface area contributed by atoms with Crippen molar-refractivity contribution >= 4 is 0 Å². The van der Waals surface area contributed by atoms with Crippen LogP contribution in [-0.4, -0.2) is 6.54 Å². The van der Waals surface area contributed by atoms with E-state index in [1.54, 1.807) is 6.08 Å². The van der Waals surface area contributed by atoms with Crippen LogP contribution in [0.1, 0.15) is 38.5 Å². The lowest BCUT2D eigenvalue weighted by Gasteiger charge is -2.05. The van der Waals surface area contributed by atoms with E-state index >= 15 is 0 Å². The molecule has 0 bridgehead atoms. The van der Waals surface area contributed by atoms with Gasteiger partial charge >= 0.3 is 0 Å². The van der Waals surface area contributed by atoms with Gasteiger partial charge in [0.05, 0.1) is 0 Å². The first kappa shape index (κ1) is 9.70. The summed E-state index contributed by atoms with van der Waals surface area (Å²) in [6.45, 7) is 3.94. The molecule has 0 atom stereocenters. The molecule has 0 radical (unpaired) electrons. The SMILES string of the molecule is C1CCCCC1.C=CCN. The van der Waals surface area contributed by atoms with Crippen molar-refractivity contribution in [2.45, 2.75) is 38.5 Å². The second-order valence-corrected chi connectivity index (χ2v) is 2.65. The lowest BCUT2D eigenvalue weighted by Crippen LogP contribution is -1.90. The lowest BCUT2D eigenvalue weighted by atomic mass is 10.0. The first-order valence-corrected chi connectivity index (χ1v) is 4.22. The molecular formula is C9H19N. The number of hydrogen-bond acceptors (Lipinski definition) is 1. The molecule has 0 unspecified atom stereocenters. The van der Waals surface area contributed by atoms with Crippen molar-refractivity contribution in [2.24, 2.45) is 5.73 Å². The summed E-state index contributed by atoms with van der Waals surface area (Å²) in [7, 11) is 0. The molecule has 10 heavy (non-hydrogen) atoms. The van der Waals surface area contributed by atoms with Crippen molar-refractivity contribution in [1.29, 1.82) is 0 Å². The maximum atomic E-state index is 4.91. The van der Waals surface area contributed by atoms with Crippen LogP contribution in [0, 0.1) is 0 Å². The second kappa shape index (κ2) is 8.70. The number of nitrogens with two attached hydrogens (primary N) is 1. The summed E-state index contributed by atoms with van der Waals surface area (Å²) in [4.78, 5) is 0. The number of rotatable bonds is 1. The van der Waals surface area contributed by atoms with Crippen LogP contribution in [0.4, 0.5) is 0 Å². The maximum Gasteiger partial charge on any atom is 0.0104 e. The quantitative estimate of drug-likeness (QED) is 0.558. The van der Waals surface area contributed by atoms with Crippen molar-refractivity contribution < 1.29 is 0 Å². The molecule has 0 aromatic heterocycles. The molecule has 0 spiro atoms. The van der Waals surface area contributed by atoms with Gasteiger partial charge in [-0.3, -0.25) is 0 Å². The molecule has 60 valence electrons. The van der Waals surface area contributed by atoms with Gasteiger partial charge in [0.2, 0.25) is 0 Å². The third-order valence-corrected chi connectivity index (χ3v) is 1.67. The van der Waals surface area contributed by atoms with Gasteiger partial charge in [0.15, 0.2) is 0 Å². The second-order valence-electron chi connectivity index (χ2n) is 2.65. The van der Waals surface area contributed by atoms with Crippen LogP contribution in [0.25, 0.3) is 0 Å². The van der Waals surface area contributed by atoms with Crippen LogP contribution in [-0.2, 0) is 0 Å². The Hall–Kier alpha value is -0.300. The highest BCUT2D eigenvalue weighted by Crippen LogP contribution is 2.15. The van der Waals surface area contributed by atoms with E-state index in [-0.39, 0.29) is 0 Å². The summed E-state index contributed by atoms with van der Waals surface area (Å²) in [6, 6.07) is 0. The van der Waals surface area contributed by atoms with E-state index in [1.165, 1.54) is 38.5 Å². The fraction of sp³-hybridized carbons (Fsp3) is 0.778. The van der Waals surface area contributed by atoms with Crippen LogP contribution in [0.15, 0.2) is 12.7 Å². The topological polar surface area (TPSA) is 26.0 Å². The van der Waals surface area contributed by atoms with E-state index in [0.717, 1.165) is 0 Å². The Morgan fingerprint density at radius 3 is 1.30 bits per heavy atom. The zero-order valence-electron chi connectivity index (χ0n) is 6.81. The Morgan fingerprint density at radius 2 is 1.20 bits per heavy atom. The third kappa shape index (κ3) is 7.70. The molecule has 1 aliphatic rings. The predicted molar refractivity (Wildman–Crippen MR) is 47.0 cm³/mol. The van der Waals surface area contributed by atoms with Crippen LogP contribution >= 0.6 is 0 Å². The molecule has 0 aliphatic heterocycles. The minimum Gasteiger partial charge on any atom is -0.327 e. The van der Waals surface area contributed by atoms with Crippen LogP contribution in [0.2, 0.25) is 0 Å². The van der Waals surface area contributed by atoms with Gasteiger partial charge in [-0.2, -0.15) is 0 Å². The molecule has 0 amide bonds. The minimum absolute atomic E-state index is 0.583. The van der Waals surface area contributed by atoms with Gasteiger partial charge in [-0.25, -0.2) is 0 Å². The fourth-order valence-corrected chi connectivity index (χ4v) is 1.06. The van der Waals surface area contributed by atoms with Crippen LogP contribution < -0.4 is 5.73 Å². The van der Waals surface area contributed by atoms with Gasteiger partial charge in [-0.1, -0.05) is 44.6 Å². The number of hydrogen-bond donors (Lipinski definition) is 1. The molecule has 1 rings (SSSR count). The summed E-state index contributed by atoms with van der Waals surface area (Å²) in [5, 5.41) is 0. The highest BCUT2D eigenvalue weighted by Gasteiger charge is 1.95. The molecule has 1 aliphatic carbocycles. The lowest BCUT2D eigenvalue weighted by molar-refractivity contribution is 0.504. The third-order valence-electron chi connectivity index (χ3n) is 1.67. The average molecular weight is 141 g/mol. The highest BCUT2D eigenvalue weighted by atomic mass is 14.5. The van der Waals surface area contributed by atoms with E-state index in [2.05, 4.69) is 6.58 Å². The van der Waals surface area contributed by atoms with Crippen molar-refractivity contribution in [3.63, 3.8) is 0 Å². The van der Waals surface area contributed by atoms with E-state index < -0.39 is 0 Å². The largest absolute Gasteiger partial charge is 0.327 e. The molecule has 0 aromatic rings. The molecule has 1 nitrogen and oxygen atoms in total. The van der Waals surface area contributed by atoms with Crippen molar-refractivity contribution in [3.8, 4) is 0 Å². The van der Waals surface area contributed by atoms with Gasteiger partial charge in [0.1, 0.15) is 0 Å². The Kier molecular flexibility index (Phi) is 8.44. The van der Waals surface area contributed by atoms with Crippen molar-refractivity contribution in [1.82, 2.24) is 0 Å². The van der Waals surface area contributed by atoms with Gasteiger partial charge in [0, 0.05) is 6.54 Å². The fourth-order valence-electron chi connectivity index (χ4n) is 1.06. The van der Waals surface area contributed by atoms with Crippen LogP contribution in [0.3, 0.4) is 0 Å². The van der Waals surface area contributed by atoms with Gasteiger partial charge in [-0.15, -0.1) is 6.58 Å². The van der Waals surface area contributed by atoms with Crippen LogP contribution in [0.5, 0.6) is 0 Å².